The fraction of sp³-hybridized carbons (Fsp3) is 0.511. The summed E-state index contributed by atoms with van der Waals surface area (Å²) in [5.41, 5.74) is 0.865. The predicted molar refractivity (Wildman–Crippen MR) is 230 cm³/mol. The van der Waals surface area contributed by atoms with Crippen molar-refractivity contribution in [2.24, 2.45) is 5.92 Å². The highest BCUT2D eigenvalue weighted by Gasteiger charge is 2.39. The van der Waals surface area contributed by atoms with E-state index >= 15 is 0 Å². The molecule has 2 aromatic rings. The SMILES string of the molecule is CC(=O)N[C@@H](CC(=O)O)C(=O)N[C@@H](CCC(=O)O)C(=O)N[C@H](C(=O)N[C@@H](CCC(=O)O)C(=O)N[C@@H](CC1CCCCC1)C(=O)NC(CC(F)F)C(C)=O)C(c1ccccc1)c1ccccc1. The van der Waals surface area contributed by atoms with Crippen LogP contribution in [0.5, 0.6) is 0 Å². The van der Waals surface area contributed by atoms with E-state index in [4.69, 9.17) is 0 Å². The van der Waals surface area contributed by atoms with Gasteiger partial charge in [0.25, 0.3) is 0 Å². The Morgan fingerprint density at radius 1 is 0.545 bits per heavy atom. The summed E-state index contributed by atoms with van der Waals surface area (Å²) in [4.78, 5) is 130. The second-order valence-corrected chi connectivity index (χ2v) is 16.2. The first-order chi connectivity index (χ1) is 31.2. The van der Waals surface area contributed by atoms with Gasteiger partial charge in [0.2, 0.25) is 41.9 Å². The molecule has 0 aromatic heterocycles. The van der Waals surface area contributed by atoms with E-state index in [0.29, 0.717) is 24.0 Å². The van der Waals surface area contributed by atoms with E-state index in [2.05, 4.69) is 31.9 Å². The van der Waals surface area contributed by atoms with Crippen molar-refractivity contribution in [2.45, 2.75) is 139 Å². The number of carboxylic acid groups (broad SMARTS) is 3. The zero-order valence-corrected chi connectivity index (χ0v) is 36.6. The van der Waals surface area contributed by atoms with Crippen molar-refractivity contribution in [1.82, 2.24) is 31.9 Å². The van der Waals surface area contributed by atoms with E-state index in [-0.39, 0.29) is 12.3 Å². The monoisotopic (exact) mass is 928 g/mol. The number of ketones is 1. The van der Waals surface area contributed by atoms with Gasteiger partial charge in [-0.3, -0.25) is 47.9 Å². The number of benzene rings is 2. The minimum Gasteiger partial charge on any atom is -0.481 e. The predicted octanol–water partition coefficient (Wildman–Crippen LogP) is 2.17. The molecule has 1 aliphatic carbocycles. The highest BCUT2D eigenvalue weighted by Crippen LogP contribution is 2.30. The number of hydrogen-bond donors (Lipinski definition) is 9. The molecule has 1 aliphatic rings. The van der Waals surface area contributed by atoms with Crippen molar-refractivity contribution in [3.05, 3.63) is 71.8 Å². The molecule has 66 heavy (non-hydrogen) atoms. The second kappa shape index (κ2) is 26.9. The van der Waals surface area contributed by atoms with Crippen molar-refractivity contribution in [2.75, 3.05) is 0 Å². The molecule has 19 nitrogen and oxygen atoms in total. The number of aliphatic carboxylic acids is 3. The Balaban J connectivity index is 2.11. The van der Waals surface area contributed by atoms with Crippen LogP contribution in [0.25, 0.3) is 0 Å². The van der Waals surface area contributed by atoms with E-state index in [9.17, 15) is 72.0 Å². The highest BCUT2D eigenvalue weighted by atomic mass is 19.3. The lowest BCUT2D eigenvalue weighted by atomic mass is 9.84. The quantitative estimate of drug-likeness (QED) is 0.0622. The molecule has 1 fully saturated rings. The van der Waals surface area contributed by atoms with Gasteiger partial charge in [-0.2, -0.15) is 0 Å². The third-order valence-corrected chi connectivity index (χ3v) is 11.0. The molecular formula is C45H58F2N6O13. The van der Waals surface area contributed by atoms with Gasteiger partial charge < -0.3 is 47.2 Å². The van der Waals surface area contributed by atoms with Gasteiger partial charge in [0, 0.05) is 32.1 Å². The molecule has 0 bridgehead atoms. The minimum absolute atomic E-state index is 0.0257. The van der Waals surface area contributed by atoms with Crippen molar-refractivity contribution in [3.8, 4) is 0 Å². The van der Waals surface area contributed by atoms with Crippen LogP contribution in [0.4, 0.5) is 8.78 Å². The molecule has 9 N–H and O–H groups in total. The number of carbonyl (C=O) groups excluding carboxylic acids is 7. The number of Topliss-reactive ketones (excluding diaryl/α,β-unsaturated/α-hetero) is 1. The standard InChI is InChI=1S/C45H58F2N6O13/c1-25(54)32(23-35(46)47)51-43(64)33(22-27-12-6-3-7-13-27)52-41(62)30(18-20-36(56)57)50-45(66)40(39(28-14-8-4-9-15-28)29-16-10-5-11-17-29)53-42(63)31(19-21-37(58)59)49-44(65)34(24-38(60)61)48-26(2)55/h4-5,8-11,14-17,27,30-35,39-40H,3,6-7,12-13,18-24H2,1-2H3,(H,48,55)(H,49,65)(H,50,66)(H,51,64)(H,52,62)(H,53,63)(H,56,57)(H,58,59)(H,60,61)/t30-,31-,32?,33-,34-,40-/m0/s1. The van der Waals surface area contributed by atoms with Gasteiger partial charge in [0.05, 0.1) is 12.5 Å². The van der Waals surface area contributed by atoms with Gasteiger partial charge in [0.15, 0.2) is 5.78 Å². The summed E-state index contributed by atoms with van der Waals surface area (Å²) in [6.07, 6.45) is -3.44. The lowest BCUT2D eigenvalue weighted by Crippen LogP contribution is -2.60. The summed E-state index contributed by atoms with van der Waals surface area (Å²) in [5, 5.41) is 42.9. The lowest BCUT2D eigenvalue weighted by Gasteiger charge is -2.32. The van der Waals surface area contributed by atoms with Gasteiger partial charge in [-0.15, -0.1) is 0 Å². The summed E-state index contributed by atoms with van der Waals surface area (Å²) >= 11 is 0. The fourth-order valence-corrected chi connectivity index (χ4v) is 7.73. The lowest BCUT2D eigenvalue weighted by molar-refractivity contribution is -0.141. The van der Waals surface area contributed by atoms with Crippen LogP contribution in [0.2, 0.25) is 0 Å². The molecule has 21 heteroatoms. The van der Waals surface area contributed by atoms with E-state index in [0.717, 1.165) is 33.1 Å². The third kappa shape index (κ3) is 18.4. The number of carbonyl (C=O) groups is 10. The molecule has 6 amide bonds. The van der Waals surface area contributed by atoms with Crippen LogP contribution < -0.4 is 31.9 Å². The Bertz CT molecular complexity index is 1960. The molecule has 1 saturated carbocycles. The summed E-state index contributed by atoms with van der Waals surface area (Å²) in [6.45, 7) is 2.04. The summed E-state index contributed by atoms with van der Waals surface area (Å²) in [6, 6.07) is 6.53. The Labute approximate surface area is 379 Å². The van der Waals surface area contributed by atoms with Crippen LogP contribution >= 0.6 is 0 Å². The number of nitrogens with one attached hydrogen (secondary N) is 6. The summed E-state index contributed by atoms with van der Waals surface area (Å²) in [5.74, 6) is -12.4. The van der Waals surface area contributed by atoms with Crippen molar-refractivity contribution < 1.29 is 72.0 Å². The van der Waals surface area contributed by atoms with Crippen molar-refractivity contribution in [3.63, 3.8) is 0 Å². The van der Waals surface area contributed by atoms with Crippen LogP contribution in [0.1, 0.15) is 108 Å². The number of carboxylic acids is 3. The van der Waals surface area contributed by atoms with Crippen LogP contribution in [0, 0.1) is 5.92 Å². The van der Waals surface area contributed by atoms with Gasteiger partial charge >= 0.3 is 17.9 Å². The van der Waals surface area contributed by atoms with Gasteiger partial charge in [-0.1, -0.05) is 92.8 Å². The smallest absolute Gasteiger partial charge is 0.305 e. The molecule has 2 aromatic carbocycles. The minimum atomic E-state index is -2.95. The van der Waals surface area contributed by atoms with Crippen LogP contribution in [0.15, 0.2) is 60.7 Å². The van der Waals surface area contributed by atoms with Gasteiger partial charge in [0.1, 0.15) is 30.2 Å². The highest BCUT2D eigenvalue weighted by molar-refractivity contribution is 5.98. The van der Waals surface area contributed by atoms with E-state index in [1.165, 1.54) is 0 Å². The van der Waals surface area contributed by atoms with Crippen LogP contribution in [0.3, 0.4) is 0 Å². The molecule has 360 valence electrons. The number of halogens is 2. The first-order valence-electron chi connectivity index (χ1n) is 21.6. The molecule has 0 spiro atoms. The van der Waals surface area contributed by atoms with Crippen LogP contribution in [-0.4, -0.2) is 117 Å². The summed E-state index contributed by atoms with van der Waals surface area (Å²) in [7, 11) is 0. The number of amides is 6. The van der Waals surface area contributed by atoms with Crippen LogP contribution in [-0.2, 0) is 47.9 Å². The first kappa shape index (κ1) is 53.5. The maximum absolute atomic E-state index is 14.8. The summed E-state index contributed by atoms with van der Waals surface area (Å²) < 4.78 is 26.8. The molecule has 0 heterocycles. The number of alkyl halides is 2. The Hall–Kier alpha value is -6.80. The molecule has 3 rings (SSSR count). The average molecular weight is 929 g/mol. The molecular weight excluding hydrogens is 871 g/mol. The zero-order chi connectivity index (χ0) is 48.9. The zero-order valence-electron chi connectivity index (χ0n) is 36.6. The van der Waals surface area contributed by atoms with Gasteiger partial charge in [-0.25, -0.2) is 8.78 Å². The topological polar surface area (TPSA) is 304 Å². The molecule has 0 saturated heterocycles. The first-order valence-corrected chi connectivity index (χ1v) is 21.6. The molecule has 1 unspecified atom stereocenters. The largest absolute Gasteiger partial charge is 0.481 e. The van der Waals surface area contributed by atoms with Crippen molar-refractivity contribution in [1.29, 1.82) is 0 Å². The van der Waals surface area contributed by atoms with Gasteiger partial charge in [-0.05, 0) is 43.2 Å². The Kier molecular flexibility index (Phi) is 21.8. The normalized spacial score (nSPS) is 15.4. The Morgan fingerprint density at radius 3 is 1.44 bits per heavy atom. The third-order valence-electron chi connectivity index (χ3n) is 11.0. The molecule has 0 radical (unpaired) electrons. The number of hydrogen-bond acceptors (Lipinski definition) is 10. The number of rotatable bonds is 27. The Morgan fingerprint density at radius 2 is 0.985 bits per heavy atom. The average Bonchev–Trinajstić information content (AvgIpc) is 3.25. The molecule has 0 aliphatic heterocycles. The van der Waals surface area contributed by atoms with Crippen molar-refractivity contribution >= 4 is 59.1 Å². The maximum atomic E-state index is 14.8. The fourth-order valence-electron chi connectivity index (χ4n) is 7.73. The molecule has 6 atom stereocenters. The van der Waals surface area contributed by atoms with E-state index in [1.807, 2.05) is 0 Å². The maximum Gasteiger partial charge on any atom is 0.305 e. The van der Waals surface area contributed by atoms with E-state index in [1.54, 1.807) is 60.7 Å². The van der Waals surface area contributed by atoms with E-state index < -0.39 is 146 Å². The second-order valence-electron chi connectivity index (χ2n) is 16.2.